The highest BCUT2D eigenvalue weighted by molar-refractivity contribution is 5.12. The average molecular weight is 476 g/mol. The third-order valence-corrected chi connectivity index (χ3v) is 12.1. The summed E-state index contributed by atoms with van der Waals surface area (Å²) in [6, 6.07) is 0.414. The number of rotatable bonds is 10. The molecule has 34 heavy (non-hydrogen) atoms. The quantitative estimate of drug-likeness (QED) is 0.376. The zero-order chi connectivity index (χ0) is 24.5. The molecule has 0 unspecified atom stereocenters. The first-order valence-electron chi connectivity index (χ1n) is 15.1. The van der Waals surface area contributed by atoms with E-state index in [1.165, 1.54) is 57.8 Å². The van der Waals surface area contributed by atoms with E-state index in [0.717, 1.165) is 62.8 Å². The van der Waals surface area contributed by atoms with E-state index in [9.17, 15) is 5.11 Å². The van der Waals surface area contributed by atoms with Crippen LogP contribution in [0.5, 0.6) is 0 Å². The molecule has 0 aromatic heterocycles. The Morgan fingerprint density at radius 2 is 1.76 bits per heavy atom. The van der Waals surface area contributed by atoms with Gasteiger partial charge in [-0.3, -0.25) is 0 Å². The van der Waals surface area contributed by atoms with Crippen LogP contribution in [0.3, 0.4) is 0 Å². The summed E-state index contributed by atoms with van der Waals surface area (Å²) in [5.74, 6) is 4.48. The second kappa shape index (κ2) is 11.1. The highest BCUT2D eigenvalue weighted by Crippen LogP contribution is 2.68. The van der Waals surface area contributed by atoms with Crippen LogP contribution in [0, 0.1) is 46.3 Å². The predicted molar refractivity (Wildman–Crippen MR) is 144 cm³/mol. The third kappa shape index (κ3) is 4.87. The molecule has 0 saturated heterocycles. The Morgan fingerprint density at radius 3 is 2.50 bits per heavy atom. The summed E-state index contributed by atoms with van der Waals surface area (Å²) in [5.41, 5.74) is 6.94. The van der Waals surface area contributed by atoms with Crippen molar-refractivity contribution in [3.05, 3.63) is 0 Å². The van der Waals surface area contributed by atoms with Gasteiger partial charge in [0.1, 0.15) is 0 Å². The van der Waals surface area contributed by atoms with E-state index < -0.39 is 0 Å². The summed E-state index contributed by atoms with van der Waals surface area (Å²) in [5, 5.41) is 15.4. The molecule has 4 N–H and O–H groups in total. The molecule has 4 saturated carbocycles. The second-order valence-corrected chi connectivity index (χ2v) is 13.4. The summed E-state index contributed by atoms with van der Waals surface area (Å²) < 4.78 is 0. The number of hydrogen-bond acceptors (Lipinski definition) is 4. The maximum absolute atomic E-state index is 11.8. The standard InChI is InChI=1S/C30H57N3O/c1-6-33(7-2)18-17-32-16-8-9-21(3)25-12-13-26-24-11-10-22-19-23(31)14-15-29(22,4)27(24)20-28(34)30(25,26)5/h21-28,32,34H,6-20,31H2,1-5H3/t21-,22-,23+,24+,25-,26+,27+,28+,29+,30-/m1/s1. The van der Waals surface area contributed by atoms with Gasteiger partial charge >= 0.3 is 0 Å². The number of fused-ring (bicyclic) bond motifs is 5. The maximum atomic E-state index is 11.8. The molecule has 4 rings (SSSR count). The van der Waals surface area contributed by atoms with Gasteiger partial charge in [0.15, 0.2) is 0 Å². The molecule has 4 fully saturated rings. The minimum absolute atomic E-state index is 0.118. The van der Waals surface area contributed by atoms with Crippen molar-refractivity contribution >= 4 is 0 Å². The van der Waals surface area contributed by atoms with E-state index in [-0.39, 0.29) is 11.5 Å². The van der Waals surface area contributed by atoms with Crippen LogP contribution in [0.4, 0.5) is 0 Å². The van der Waals surface area contributed by atoms with Crippen LogP contribution in [0.15, 0.2) is 0 Å². The number of likely N-dealkylation sites (N-methyl/N-ethyl adjacent to an activating group) is 1. The molecule has 198 valence electrons. The number of aliphatic hydroxyl groups excluding tert-OH is 1. The van der Waals surface area contributed by atoms with Crippen molar-refractivity contribution in [2.75, 3.05) is 32.7 Å². The molecule has 4 nitrogen and oxygen atoms in total. The Bertz CT molecular complexity index is 653. The molecule has 0 amide bonds. The first kappa shape index (κ1) is 26.9. The van der Waals surface area contributed by atoms with E-state index in [4.69, 9.17) is 5.73 Å². The van der Waals surface area contributed by atoms with Crippen LogP contribution in [-0.2, 0) is 0 Å². The van der Waals surface area contributed by atoms with Crippen molar-refractivity contribution in [3.8, 4) is 0 Å². The number of nitrogens with zero attached hydrogens (tertiary/aromatic N) is 1. The number of hydrogen-bond donors (Lipinski definition) is 3. The van der Waals surface area contributed by atoms with Gasteiger partial charge in [-0.2, -0.15) is 0 Å². The van der Waals surface area contributed by atoms with E-state index in [0.29, 0.717) is 23.3 Å². The number of aliphatic hydroxyl groups is 1. The topological polar surface area (TPSA) is 61.5 Å². The Balaban J connectivity index is 1.33. The minimum Gasteiger partial charge on any atom is -0.393 e. The van der Waals surface area contributed by atoms with Crippen molar-refractivity contribution in [2.24, 2.45) is 52.1 Å². The molecule has 0 aromatic rings. The van der Waals surface area contributed by atoms with Gasteiger partial charge in [-0.1, -0.05) is 34.6 Å². The van der Waals surface area contributed by atoms with Gasteiger partial charge in [0.25, 0.3) is 0 Å². The van der Waals surface area contributed by atoms with Crippen molar-refractivity contribution in [1.29, 1.82) is 0 Å². The van der Waals surface area contributed by atoms with Gasteiger partial charge in [0.2, 0.25) is 0 Å². The normalized spacial score (nSPS) is 45.0. The van der Waals surface area contributed by atoms with E-state index in [1.807, 2.05) is 0 Å². The fourth-order valence-corrected chi connectivity index (χ4v) is 9.87. The summed E-state index contributed by atoms with van der Waals surface area (Å²) in [6.45, 7) is 17.8. The second-order valence-electron chi connectivity index (χ2n) is 13.4. The van der Waals surface area contributed by atoms with Crippen LogP contribution in [0.1, 0.15) is 98.8 Å². The summed E-state index contributed by atoms with van der Waals surface area (Å²) in [4.78, 5) is 2.49. The Labute approximate surface area is 211 Å². The Kier molecular flexibility index (Phi) is 8.76. The monoisotopic (exact) mass is 475 g/mol. The third-order valence-electron chi connectivity index (χ3n) is 12.1. The lowest BCUT2D eigenvalue weighted by molar-refractivity contribution is -0.169. The van der Waals surface area contributed by atoms with E-state index >= 15 is 0 Å². The van der Waals surface area contributed by atoms with Gasteiger partial charge in [-0.25, -0.2) is 0 Å². The number of nitrogens with two attached hydrogens (primary N) is 1. The average Bonchev–Trinajstić information content (AvgIpc) is 3.18. The molecule has 0 spiro atoms. The lowest BCUT2D eigenvalue weighted by Crippen LogP contribution is -2.59. The van der Waals surface area contributed by atoms with Gasteiger partial charge in [0, 0.05) is 19.1 Å². The van der Waals surface area contributed by atoms with Crippen molar-refractivity contribution in [3.63, 3.8) is 0 Å². The summed E-state index contributed by atoms with van der Waals surface area (Å²) >= 11 is 0. The number of nitrogens with one attached hydrogen (secondary N) is 1. The highest BCUT2D eigenvalue weighted by atomic mass is 16.3. The van der Waals surface area contributed by atoms with Gasteiger partial charge in [-0.05, 0) is 130 Å². The highest BCUT2D eigenvalue weighted by Gasteiger charge is 2.63. The first-order valence-corrected chi connectivity index (χ1v) is 15.1. The molecule has 0 heterocycles. The molecule has 4 aliphatic rings. The SMILES string of the molecule is CCN(CC)CCNCCC[C@@H](C)[C@H]1CC[C@H]2[C@@H]3CC[C@@H]4C[C@@H](N)CC[C@]4(C)[C@H]3C[C@H](O)[C@]12C. The summed E-state index contributed by atoms with van der Waals surface area (Å²) in [7, 11) is 0. The smallest absolute Gasteiger partial charge is 0.0602 e. The van der Waals surface area contributed by atoms with Gasteiger partial charge in [0.05, 0.1) is 6.10 Å². The minimum atomic E-state index is -0.118. The van der Waals surface area contributed by atoms with Gasteiger partial charge < -0.3 is 21.1 Å². The van der Waals surface area contributed by atoms with Crippen molar-refractivity contribution in [2.45, 2.75) is 111 Å². The zero-order valence-electron chi connectivity index (χ0n) is 23.2. The molecule has 4 aliphatic carbocycles. The molecule has 0 aromatic carbocycles. The van der Waals surface area contributed by atoms with E-state index in [2.05, 4.69) is 44.8 Å². The van der Waals surface area contributed by atoms with E-state index in [1.54, 1.807) is 0 Å². The van der Waals surface area contributed by atoms with Crippen molar-refractivity contribution < 1.29 is 5.11 Å². The molecular formula is C30H57N3O. The van der Waals surface area contributed by atoms with Gasteiger partial charge in [-0.15, -0.1) is 0 Å². The van der Waals surface area contributed by atoms with Crippen molar-refractivity contribution in [1.82, 2.24) is 10.2 Å². The fourth-order valence-electron chi connectivity index (χ4n) is 9.87. The van der Waals surface area contributed by atoms with Crippen LogP contribution in [0.25, 0.3) is 0 Å². The molecule has 0 radical (unpaired) electrons. The zero-order valence-corrected chi connectivity index (χ0v) is 23.2. The molecule has 0 aliphatic heterocycles. The first-order chi connectivity index (χ1) is 16.3. The largest absolute Gasteiger partial charge is 0.393 e. The Morgan fingerprint density at radius 1 is 1.00 bits per heavy atom. The fraction of sp³-hybridized carbons (Fsp3) is 1.00. The predicted octanol–water partition coefficient (Wildman–Crippen LogP) is 5.29. The molecule has 4 heteroatoms. The molecule has 0 bridgehead atoms. The lowest BCUT2D eigenvalue weighted by Gasteiger charge is -2.62. The van der Waals surface area contributed by atoms with Crippen LogP contribution in [0.2, 0.25) is 0 Å². The van der Waals surface area contributed by atoms with Crippen LogP contribution in [-0.4, -0.2) is 54.9 Å². The summed E-state index contributed by atoms with van der Waals surface area (Å²) in [6.07, 6.45) is 12.7. The lowest BCUT2D eigenvalue weighted by atomic mass is 9.43. The molecular weight excluding hydrogens is 418 g/mol. The molecule has 10 atom stereocenters. The van der Waals surface area contributed by atoms with Crippen LogP contribution >= 0.6 is 0 Å². The maximum Gasteiger partial charge on any atom is 0.0602 e. The Hall–Kier alpha value is -0.160. The van der Waals surface area contributed by atoms with Crippen LogP contribution < -0.4 is 11.1 Å².